The van der Waals surface area contributed by atoms with Crippen molar-refractivity contribution in [3.05, 3.63) is 28.8 Å². The number of phenolic OH excluding ortho intramolecular Hbond substituents is 1. The summed E-state index contributed by atoms with van der Waals surface area (Å²) >= 11 is 5.86. The first-order valence-corrected chi connectivity index (χ1v) is 6.54. The van der Waals surface area contributed by atoms with Crippen LogP contribution in [0.2, 0.25) is 5.02 Å². The molecule has 0 spiro atoms. The molecule has 0 radical (unpaired) electrons. The van der Waals surface area contributed by atoms with Crippen LogP contribution in [0, 0.1) is 5.41 Å². The van der Waals surface area contributed by atoms with Crippen LogP contribution in [0.15, 0.2) is 18.2 Å². The second-order valence-electron chi connectivity index (χ2n) is 5.60. The Kier molecular flexibility index (Phi) is 5.45. The number of nitrogens with one attached hydrogen (secondary N) is 1. The van der Waals surface area contributed by atoms with Crippen LogP contribution in [-0.4, -0.2) is 22.9 Å². The van der Waals surface area contributed by atoms with Crippen LogP contribution >= 0.6 is 11.6 Å². The Morgan fingerprint density at radius 3 is 2.50 bits per heavy atom. The summed E-state index contributed by atoms with van der Waals surface area (Å²) in [6, 6.07) is 5.42. The van der Waals surface area contributed by atoms with Crippen LogP contribution in [0.4, 0.5) is 0 Å². The maximum atomic E-state index is 9.35. The van der Waals surface area contributed by atoms with E-state index in [1.807, 2.05) is 6.07 Å². The summed E-state index contributed by atoms with van der Waals surface area (Å²) < 4.78 is 0. The van der Waals surface area contributed by atoms with Gasteiger partial charge < -0.3 is 15.5 Å². The second kappa shape index (κ2) is 6.41. The van der Waals surface area contributed by atoms with Gasteiger partial charge in [0, 0.05) is 19.2 Å². The van der Waals surface area contributed by atoms with Crippen molar-refractivity contribution in [1.29, 1.82) is 0 Å². The molecule has 0 heterocycles. The van der Waals surface area contributed by atoms with Gasteiger partial charge in [0.15, 0.2) is 0 Å². The van der Waals surface area contributed by atoms with Gasteiger partial charge in [-0.1, -0.05) is 38.4 Å². The largest absolute Gasteiger partial charge is 0.506 e. The predicted octanol–water partition coefficient (Wildman–Crippen LogP) is 2.93. The number of aromatic hydroxyl groups is 1. The molecule has 3 nitrogen and oxygen atoms in total. The minimum absolute atomic E-state index is 0.0867. The smallest absolute Gasteiger partial charge is 0.134 e. The van der Waals surface area contributed by atoms with E-state index in [-0.39, 0.29) is 23.8 Å². The van der Waals surface area contributed by atoms with Crippen LogP contribution in [0.3, 0.4) is 0 Å². The van der Waals surface area contributed by atoms with E-state index >= 15 is 0 Å². The summed E-state index contributed by atoms with van der Waals surface area (Å²) in [5.41, 5.74) is 1.11. The summed E-state index contributed by atoms with van der Waals surface area (Å²) in [4.78, 5) is 0. The number of benzene rings is 1. The van der Waals surface area contributed by atoms with Gasteiger partial charge in [-0.15, -0.1) is 0 Å². The van der Waals surface area contributed by atoms with Gasteiger partial charge in [0.25, 0.3) is 0 Å². The molecule has 1 aromatic carbocycles. The Balaban J connectivity index is 2.64. The number of halogens is 1. The molecule has 18 heavy (non-hydrogen) atoms. The minimum Gasteiger partial charge on any atom is -0.506 e. The number of rotatable bonds is 5. The average molecular weight is 272 g/mol. The maximum absolute atomic E-state index is 9.35. The van der Waals surface area contributed by atoms with Crippen molar-refractivity contribution in [2.45, 2.75) is 39.8 Å². The summed E-state index contributed by atoms with van der Waals surface area (Å²) in [5.74, 6) is 0.100. The third-order valence-corrected chi connectivity index (χ3v) is 3.33. The molecular weight excluding hydrogens is 250 g/mol. The lowest BCUT2D eigenvalue weighted by molar-refractivity contribution is 0.196. The van der Waals surface area contributed by atoms with E-state index in [0.717, 1.165) is 12.0 Å². The molecule has 0 aromatic heterocycles. The van der Waals surface area contributed by atoms with Crippen molar-refractivity contribution in [3.8, 4) is 5.75 Å². The van der Waals surface area contributed by atoms with Gasteiger partial charge in [-0.3, -0.25) is 0 Å². The van der Waals surface area contributed by atoms with Gasteiger partial charge in [0.2, 0.25) is 0 Å². The van der Waals surface area contributed by atoms with Gasteiger partial charge >= 0.3 is 0 Å². The van der Waals surface area contributed by atoms with E-state index in [9.17, 15) is 5.11 Å². The highest BCUT2D eigenvalue weighted by molar-refractivity contribution is 6.32. The standard InChI is InChI=1S/C14H22ClNO2/c1-14(2,3)13(6-7-17)16-9-10-4-5-12(18)11(15)8-10/h4-5,8,13,16-18H,6-7,9H2,1-3H3. The third kappa shape index (κ3) is 4.48. The fourth-order valence-electron chi connectivity index (χ4n) is 1.87. The fraction of sp³-hybridized carbons (Fsp3) is 0.571. The molecule has 0 saturated carbocycles. The van der Waals surface area contributed by atoms with Gasteiger partial charge in [-0.2, -0.15) is 0 Å². The highest BCUT2D eigenvalue weighted by atomic mass is 35.5. The van der Waals surface area contributed by atoms with Crippen molar-refractivity contribution >= 4 is 11.6 Å². The average Bonchev–Trinajstić information content (AvgIpc) is 2.27. The number of aliphatic hydroxyl groups is 1. The van der Waals surface area contributed by atoms with Crippen LogP contribution in [0.25, 0.3) is 0 Å². The zero-order valence-electron chi connectivity index (χ0n) is 11.2. The van der Waals surface area contributed by atoms with Gasteiger partial charge in [-0.25, -0.2) is 0 Å². The van der Waals surface area contributed by atoms with Gasteiger partial charge in [0.1, 0.15) is 5.75 Å². The number of phenols is 1. The Morgan fingerprint density at radius 1 is 1.33 bits per heavy atom. The summed E-state index contributed by atoms with van der Waals surface area (Å²) in [6.07, 6.45) is 0.718. The van der Waals surface area contributed by atoms with E-state index in [0.29, 0.717) is 11.6 Å². The van der Waals surface area contributed by atoms with Crippen molar-refractivity contribution in [1.82, 2.24) is 5.32 Å². The Morgan fingerprint density at radius 2 is 2.00 bits per heavy atom. The molecule has 0 bridgehead atoms. The minimum atomic E-state index is 0.0867. The summed E-state index contributed by atoms with van der Waals surface area (Å²) in [7, 11) is 0. The molecule has 0 aliphatic heterocycles. The zero-order valence-corrected chi connectivity index (χ0v) is 12.0. The molecule has 0 amide bonds. The Labute approximate surface area is 114 Å². The SMILES string of the molecule is CC(C)(C)C(CCO)NCc1ccc(O)c(Cl)c1. The molecule has 1 atom stereocenters. The fourth-order valence-corrected chi connectivity index (χ4v) is 2.07. The lowest BCUT2D eigenvalue weighted by atomic mass is 9.85. The summed E-state index contributed by atoms with van der Waals surface area (Å²) in [5, 5.41) is 22.2. The topological polar surface area (TPSA) is 52.5 Å². The molecule has 0 fully saturated rings. The van der Waals surface area contributed by atoms with Crippen LogP contribution in [-0.2, 0) is 6.54 Å². The Hall–Kier alpha value is -0.770. The number of aliphatic hydroxyl groups excluding tert-OH is 1. The van der Waals surface area contributed by atoms with Crippen molar-refractivity contribution in [2.24, 2.45) is 5.41 Å². The molecule has 1 rings (SSSR count). The van der Waals surface area contributed by atoms with Crippen molar-refractivity contribution < 1.29 is 10.2 Å². The molecule has 3 N–H and O–H groups in total. The molecule has 1 aromatic rings. The van der Waals surface area contributed by atoms with E-state index in [4.69, 9.17) is 16.7 Å². The first-order chi connectivity index (χ1) is 8.34. The molecule has 0 aliphatic carbocycles. The van der Waals surface area contributed by atoms with E-state index in [2.05, 4.69) is 26.1 Å². The normalized spacial score (nSPS) is 13.6. The third-order valence-electron chi connectivity index (χ3n) is 3.03. The lowest BCUT2D eigenvalue weighted by Gasteiger charge is -2.31. The molecule has 0 saturated heterocycles. The van der Waals surface area contributed by atoms with Crippen LogP contribution in [0.5, 0.6) is 5.75 Å². The van der Waals surface area contributed by atoms with Crippen molar-refractivity contribution in [2.75, 3.05) is 6.61 Å². The predicted molar refractivity (Wildman–Crippen MR) is 74.9 cm³/mol. The maximum Gasteiger partial charge on any atom is 0.134 e. The molecular formula is C14H22ClNO2. The number of hydrogen-bond acceptors (Lipinski definition) is 3. The molecule has 4 heteroatoms. The zero-order chi connectivity index (χ0) is 13.8. The summed E-state index contributed by atoms with van der Waals surface area (Å²) in [6.45, 7) is 7.27. The van der Waals surface area contributed by atoms with E-state index in [1.54, 1.807) is 12.1 Å². The monoisotopic (exact) mass is 271 g/mol. The van der Waals surface area contributed by atoms with E-state index in [1.165, 1.54) is 0 Å². The molecule has 1 unspecified atom stereocenters. The lowest BCUT2D eigenvalue weighted by Crippen LogP contribution is -2.40. The van der Waals surface area contributed by atoms with Crippen LogP contribution < -0.4 is 5.32 Å². The first-order valence-electron chi connectivity index (χ1n) is 6.16. The Bertz CT molecular complexity index is 388. The van der Waals surface area contributed by atoms with E-state index < -0.39 is 0 Å². The second-order valence-corrected chi connectivity index (χ2v) is 6.00. The highest BCUT2D eigenvalue weighted by Gasteiger charge is 2.23. The quantitative estimate of drug-likeness (QED) is 0.772. The molecule has 102 valence electrons. The van der Waals surface area contributed by atoms with Gasteiger partial charge in [-0.05, 0) is 29.5 Å². The van der Waals surface area contributed by atoms with Crippen molar-refractivity contribution in [3.63, 3.8) is 0 Å². The first kappa shape index (κ1) is 15.3. The molecule has 0 aliphatic rings. The van der Waals surface area contributed by atoms with Crippen LogP contribution in [0.1, 0.15) is 32.8 Å². The highest BCUT2D eigenvalue weighted by Crippen LogP contribution is 2.25. The van der Waals surface area contributed by atoms with Gasteiger partial charge in [0.05, 0.1) is 5.02 Å². The number of hydrogen-bond donors (Lipinski definition) is 3.